The third kappa shape index (κ3) is 13.8. The number of phenolic OH excluding ortho intramolecular Hbond substituents is 1. The predicted octanol–water partition coefficient (Wildman–Crippen LogP) is 7.03. The fourth-order valence-electron chi connectivity index (χ4n) is 3.19. The summed E-state index contributed by atoms with van der Waals surface area (Å²) in [6.07, 6.45) is 18.3. The van der Waals surface area contributed by atoms with E-state index in [2.05, 4.69) is 6.92 Å². The van der Waals surface area contributed by atoms with Crippen LogP contribution in [-0.4, -0.2) is 17.7 Å². The molecule has 27 heavy (non-hydrogen) atoms. The fourth-order valence-corrected chi connectivity index (χ4v) is 3.19. The van der Waals surface area contributed by atoms with Gasteiger partial charge in [0.15, 0.2) is 0 Å². The van der Waals surface area contributed by atoms with E-state index in [1.54, 1.807) is 18.2 Å². The molecule has 0 atom stereocenters. The van der Waals surface area contributed by atoms with Gasteiger partial charge in [0, 0.05) is 0 Å². The molecule has 0 unspecified atom stereocenters. The van der Waals surface area contributed by atoms with Crippen LogP contribution in [0.15, 0.2) is 24.3 Å². The zero-order valence-corrected chi connectivity index (χ0v) is 18.4. The van der Waals surface area contributed by atoms with Gasteiger partial charge in [-0.05, 0) is 18.6 Å². The Morgan fingerprint density at radius 2 is 1.22 bits per heavy atom. The van der Waals surface area contributed by atoms with Crippen LogP contribution in [-0.2, 0) is 22.1 Å². The minimum absolute atomic E-state index is 0. The zero-order valence-electron chi connectivity index (χ0n) is 17.1. The number of rotatable bonds is 16. The second kappa shape index (κ2) is 18.4. The van der Waals surface area contributed by atoms with Crippen LogP contribution in [0.1, 0.15) is 107 Å². The van der Waals surface area contributed by atoms with Gasteiger partial charge in [-0.25, -0.2) is 4.79 Å². The standard InChI is InChI=1S/C23H38O3.Cr/c1-2-3-4-5-6-7-8-9-10-11-12-13-14-17-20-26-23(25)21-18-15-16-19-22(21)24;/h15-16,18-19,24H,2-14,17,20H2,1H3;/q;+2. The van der Waals surface area contributed by atoms with Gasteiger partial charge in [0.2, 0.25) is 0 Å². The van der Waals surface area contributed by atoms with E-state index in [4.69, 9.17) is 4.74 Å². The van der Waals surface area contributed by atoms with E-state index >= 15 is 0 Å². The van der Waals surface area contributed by atoms with E-state index in [0.717, 1.165) is 12.8 Å². The molecule has 0 heterocycles. The Labute approximate surface area is 177 Å². The SMILES string of the molecule is CCCCCCCCCCCCCCCCOC(=O)c1ccccc1O.[Cr+2]. The molecule has 0 aromatic heterocycles. The van der Waals surface area contributed by atoms with Gasteiger partial charge < -0.3 is 9.84 Å². The predicted molar refractivity (Wildman–Crippen MR) is 109 cm³/mol. The van der Waals surface area contributed by atoms with E-state index in [9.17, 15) is 9.90 Å². The van der Waals surface area contributed by atoms with Crippen LogP contribution in [0.5, 0.6) is 5.75 Å². The first kappa shape index (κ1) is 26.0. The molecule has 1 aromatic rings. The first-order valence-electron chi connectivity index (χ1n) is 10.7. The number of benzene rings is 1. The van der Waals surface area contributed by atoms with Crippen molar-refractivity contribution in [3.63, 3.8) is 0 Å². The van der Waals surface area contributed by atoms with E-state index in [1.807, 2.05) is 0 Å². The quantitative estimate of drug-likeness (QED) is 0.233. The Bertz CT molecular complexity index is 476. The van der Waals surface area contributed by atoms with E-state index in [-0.39, 0.29) is 28.7 Å². The molecular formula is C23H38CrO3+2. The van der Waals surface area contributed by atoms with Crippen LogP contribution in [0.4, 0.5) is 0 Å². The van der Waals surface area contributed by atoms with Crippen molar-refractivity contribution in [2.75, 3.05) is 6.61 Å². The third-order valence-electron chi connectivity index (χ3n) is 4.86. The van der Waals surface area contributed by atoms with Crippen molar-refractivity contribution >= 4 is 5.97 Å². The number of para-hydroxylation sites is 1. The summed E-state index contributed by atoms with van der Waals surface area (Å²) < 4.78 is 5.22. The van der Waals surface area contributed by atoms with Crippen molar-refractivity contribution in [1.29, 1.82) is 0 Å². The molecule has 0 aliphatic heterocycles. The van der Waals surface area contributed by atoms with Crippen molar-refractivity contribution in [1.82, 2.24) is 0 Å². The largest absolute Gasteiger partial charge is 2.00 e. The Kier molecular flexibility index (Phi) is 17.7. The van der Waals surface area contributed by atoms with Crippen LogP contribution in [0.25, 0.3) is 0 Å². The summed E-state index contributed by atoms with van der Waals surface area (Å²) in [7, 11) is 0. The minimum Gasteiger partial charge on any atom is -0.507 e. The number of hydrogen-bond donors (Lipinski definition) is 1. The molecule has 0 aliphatic carbocycles. The minimum atomic E-state index is -0.433. The first-order valence-corrected chi connectivity index (χ1v) is 10.7. The van der Waals surface area contributed by atoms with Gasteiger partial charge in [-0.2, -0.15) is 0 Å². The molecule has 152 valence electrons. The van der Waals surface area contributed by atoms with Crippen LogP contribution in [0, 0.1) is 0 Å². The number of aromatic hydroxyl groups is 1. The number of unbranched alkanes of at least 4 members (excludes halogenated alkanes) is 13. The smallest absolute Gasteiger partial charge is 0.507 e. The Morgan fingerprint density at radius 3 is 1.70 bits per heavy atom. The van der Waals surface area contributed by atoms with Crippen molar-refractivity contribution < 1.29 is 32.0 Å². The molecule has 0 spiro atoms. The van der Waals surface area contributed by atoms with Gasteiger partial charge in [-0.1, -0.05) is 103 Å². The van der Waals surface area contributed by atoms with Crippen LogP contribution in [0.3, 0.4) is 0 Å². The normalized spacial score (nSPS) is 10.4. The Morgan fingerprint density at radius 1 is 0.778 bits per heavy atom. The number of phenols is 1. The van der Waals surface area contributed by atoms with Crippen LogP contribution >= 0.6 is 0 Å². The maximum Gasteiger partial charge on any atom is 2.00 e. The van der Waals surface area contributed by atoms with Crippen molar-refractivity contribution in [3.05, 3.63) is 29.8 Å². The topological polar surface area (TPSA) is 46.5 Å². The monoisotopic (exact) mass is 414 g/mol. The van der Waals surface area contributed by atoms with Gasteiger partial charge in [0.1, 0.15) is 11.3 Å². The zero-order chi connectivity index (χ0) is 18.9. The molecule has 0 aliphatic rings. The molecule has 0 radical (unpaired) electrons. The molecule has 0 saturated carbocycles. The molecule has 0 bridgehead atoms. The molecule has 1 aromatic carbocycles. The summed E-state index contributed by atoms with van der Waals surface area (Å²) in [5.41, 5.74) is 0.248. The van der Waals surface area contributed by atoms with Crippen LogP contribution < -0.4 is 0 Å². The summed E-state index contributed by atoms with van der Waals surface area (Å²) in [5.74, 6) is -0.448. The summed E-state index contributed by atoms with van der Waals surface area (Å²) in [4.78, 5) is 11.8. The number of ether oxygens (including phenoxy) is 1. The average molecular weight is 415 g/mol. The molecule has 0 saturated heterocycles. The number of carbonyl (C=O) groups excluding carboxylic acids is 1. The van der Waals surface area contributed by atoms with Crippen molar-refractivity contribution in [2.24, 2.45) is 0 Å². The molecule has 0 fully saturated rings. The summed E-state index contributed by atoms with van der Waals surface area (Å²) in [6, 6.07) is 6.51. The molecule has 0 amide bonds. The second-order valence-electron chi connectivity index (χ2n) is 7.25. The van der Waals surface area contributed by atoms with Gasteiger partial charge in [0.25, 0.3) is 0 Å². The molecule has 4 heteroatoms. The van der Waals surface area contributed by atoms with Crippen molar-refractivity contribution in [3.8, 4) is 5.75 Å². The summed E-state index contributed by atoms with van der Waals surface area (Å²) in [6.45, 7) is 2.70. The maximum absolute atomic E-state index is 11.8. The van der Waals surface area contributed by atoms with E-state index < -0.39 is 5.97 Å². The maximum atomic E-state index is 11.8. The second-order valence-corrected chi connectivity index (χ2v) is 7.25. The van der Waals surface area contributed by atoms with E-state index in [1.165, 1.54) is 83.1 Å². The third-order valence-corrected chi connectivity index (χ3v) is 4.86. The van der Waals surface area contributed by atoms with Gasteiger partial charge in [0.05, 0.1) is 6.61 Å². The number of hydrogen-bond acceptors (Lipinski definition) is 3. The summed E-state index contributed by atoms with van der Waals surface area (Å²) in [5, 5.41) is 9.61. The number of esters is 1. The van der Waals surface area contributed by atoms with Gasteiger partial charge >= 0.3 is 23.3 Å². The molecule has 1 rings (SSSR count). The average Bonchev–Trinajstić information content (AvgIpc) is 2.65. The summed E-state index contributed by atoms with van der Waals surface area (Å²) >= 11 is 0. The Hall–Kier alpha value is -0.978. The van der Waals surface area contributed by atoms with E-state index in [0.29, 0.717) is 6.61 Å². The van der Waals surface area contributed by atoms with Gasteiger partial charge in [-0.3, -0.25) is 0 Å². The molecule has 1 N–H and O–H groups in total. The fraction of sp³-hybridized carbons (Fsp3) is 0.696. The van der Waals surface area contributed by atoms with Gasteiger partial charge in [-0.15, -0.1) is 0 Å². The number of carbonyl (C=O) groups is 1. The van der Waals surface area contributed by atoms with Crippen LogP contribution in [0.2, 0.25) is 0 Å². The molecular weight excluding hydrogens is 376 g/mol. The Balaban J connectivity index is 0.00000676. The van der Waals surface area contributed by atoms with Crippen molar-refractivity contribution in [2.45, 2.75) is 96.8 Å². The molecule has 3 nitrogen and oxygen atoms in total. The first-order chi connectivity index (χ1) is 12.8.